The maximum atomic E-state index is 13.1. The van der Waals surface area contributed by atoms with Crippen molar-refractivity contribution in [3.05, 3.63) is 59.7 Å². The van der Waals surface area contributed by atoms with Gasteiger partial charge < -0.3 is 15.0 Å². The van der Waals surface area contributed by atoms with Crippen LogP contribution in [0.25, 0.3) is 0 Å². The minimum atomic E-state index is -1.28. The van der Waals surface area contributed by atoms with Gasteiger partial charge in [-0.15, -0.1) is 0 Å². The Morgan fingerprint density at radius 3 is 2.25 bits per heavy atom. The van der Waals surface area contributed by atoms with E-state index in [9.17, 15) is 14.4 Å². The van der Waals surface area contributed by atoms with Crippen LogP contribution in [0.15, 0.2) is 48.5 Å². The summed E-state index contributed by atoms with van der Waals surface area (Å²) in [5.74, 6) is -1.16. The number of anilines is 2. The molecule has 0 bridgehead atoms. The number of benzene rings is 2. The molecule has 1 N–H and O–H groups in total. The predicted molar refractivity (Wildman–Crippen MR) is 109 cm³/mol. The van der Waals surface area contributed by atoms with Crippen LogP contribution in [-0.4, -0.2) is 31.4 Å². The Morgan fingerprint density at radius 1 is 1.07 bits per heavy atom. The summed E-state index contributed by atoms with van der Waals surface area (Å²) in [6.07, 6.45) is 0. The number of carbonyl (C=O) groups is 3. The average Bonchev–Trinajstić information content (AvgIpc) is 2.68. The predicted octanol–water partition coefficient (Wildman–Crippen LogP) is 3.80. The third-order valence-corrected chi connectivity index (χ3v) is 4.54. The van der Waals surface area contributed by atoms with Gasteiger partial charge in [-0.1, -0.05) is 12.1 Å². The number of carbonyl (C=O) groups excluding carboxylic acids is 3. The first-order chi connectivity index (χ1) is 13.2. The summed E-state index contributed by atoms with van der Waals surface area (Å²) in [6.45, 7) is 7.49. The van der Waals surface area contributed by atoms with Crippen LogP contribution in [0.5, 0.6) is 0 Å². The maximum absolute atomic E-state index is 13.1. The maximum Gasteiger partial charge on any atom is 0.337 e. The standard InChI is InChI=1S/C22H26N2O4/c1-6-24(18-9-7-8-15(2)14-18)21(27)22(3,4)20(26)23-17-12-10-16(11-13-17)19(25)28-5/h7-14H,6H2,1-5H3,(H,23,26). The third kappa shape index (κ3) is 4.57. The molecular weight excluding hydrogens is 356 g/mol. The van der Waals surface area contributed by atoms with Crippen molar-refractivity contribution in [3.63, 3.8) is 0 Å². The van der Waals surface area contributed by atoms with Gasteiger partial charge in [-0.2, -0.15) is 0 Å². The van der Waals surface area contributed by atoms with Gasteiger partial charge >= 0.3 is 5.97 Å². The normalized spacial score (nSPS) is 10.9. The van der Waals surface area contributed by atoms with Gasteiger partial charge in [-0.25, -0.2) is 4.79 Å². The number of amides is 2. The molecule has 0 aliphatic heterocycles. The second-order valence-corrected chi connectivity index (χ2v) is 7.04. The molecule has 0 aromatic heterocycles. The van der Waals surface area contributed by atoms with Crippen molar-refractivity contribution in [3.8, 4) is 0 Å². The van der Waals surface area contributed by atoms with Gasteiger partial charge in [0.2, 0.25) is 11.8 Å². The molecule has 0 unspecified atom stereocenters. The molecule has 2 aromatic rings. The van der Waals surface area contributed by atoms with Gasteiger partial charge in [-0.3, -0.25) is 9.59 Å². The first-order valence-corrected chi connectivity index (χ1v) is 9.09. The molecule has 6 nitrogen and oxygen atoms in total. The second kappa shape index (κ2) is 8.69. The molecule has 0 spiro atoms. The monoisotopic (exact) mass is 382 g/mol. The molecule has 0 heterocycles. The van der Waals surface area contributed by atoms with E-state index in [4.69, 9.17) is 0 Å². The van der Waals surface area contributed by atoms with Crippen molar-refractivity contribution in [1.82, 2.24) is 0 Å². The molecule has 148 valence electrons. The lowest BCUT2D eigenvalue weighted by molar-refractivity contribution is -0.136. The van der Waals surface area contributed by atoms with Crippen LogP contribution in [0.2, 0.25) is 0 Å². The van der Waals surface area contributed by atoms with E-state index >= 15 is 0 Å². The van der Waals surface area contributed by atoms with Crippen molar-refractivity contribution in [1.29, 1.82) is 0 Å². The van der Waals surface area contributed by atoms with Crippen molar-refractivity contribution < 1.29 is 19.1 Å². The van der Waals surface area contributed by atoms with Crippen molar-refractivity contribution >= 4 is 29.2 Å². The number of nitrogens with one attached hydrogen (secondary N) is 1. The summed E-state index contributed by atoms with van der Waals surface area (Å²) >= 11 is 0. The fraction of sp³-hybridized carbons (Fsp3) is 0.318. The molecule has 28 heavy (non-hydrogen) atoms. The molecule has 0 radical (unpaired) electrons. The molecule has 2 amide bonds. The third-order valence-electron chi connectivity index (χ3n) is 4.54. The Bertz CT molecular complexity index is 872. The quantitative estimate of drug-likeness (QED) is 0.609. The van der Waals surface area contributed by atoms with Crippen molar-refractivity contribution in [2.75, 3.05) is 23.9 Å². The summed E-state index contributed by atoms with van der Waals surface area (Å²) in [7, 11) is 1.31. The molecule has 2 rings (SSSR count). The molecule has 0 aliphatic rings. The molecule has 2 aromatic carbocycles. The van der Waals surface area contributed by atoms with E-state index in [0.717, 1.165) is 11.3 Å². The van der Waals surface area contributed by atoms with Gasteiger partial charge in [-0.05, 0) is 69.7 Å². The highest BCUT2D eigenvalue weighted by atomic mass is 16.5. The zero-order valence-electron chi connectivity index (χ0n) is 16.9. The van der Waals surface area contributed by atoms with Gasteiger partial charge in [0.15, 0.2) is 0 Å². The largest absolute Gasteiger partial charge is 0.465 e. The average molecular weight is 382 g/mol. The number of hydrogen-bond donors (Lipinski definition) is 1. The number of rotatable bonds is 6. The molecular formula is C22H26N2O4. The lowest BCUT2D eigenvalue weighted by atomic mass is 9.89. The van der Waals surface area contributed by atoms with E-state index in [0.29, 0.717) is 17.8 Å². The Hall–Kier alpha value is -3.15. The molecule has 0 saturated heterocycles. The van der Waals surface area contributed by atoms with Crippen LogP contribution >= 0.6 is 0 Å². The van der Waals surface area contributed by atoms with Crippen LogP contribution in [0.4, 0.5) is 11.4 Å². The number of methoxy groups -OCH3 is 1. The van der Waals surface area contributed by atoms with E-state index in [1.54, 1.807) is 43.0 Å². The van der Waals surface area contributed by atoms with E-state index in [1.165, 1.54) is 7.11 Å². The summed E-state index contributed by atoms with van der Waals surface area (Å²) in [6, 6.07) is 13.9. The van der Waals surface area contributed by atoms with Crippen LogP contribution in [0.3, 0.4) is 0 Å². The van der Waals surface area contributed by atoms with Gasteiger partial charge in [0.1, 0.15) is 5.41 Å². The molecule has 0 saturated carbocycles. The van der Waals surface area contributed by atoms with Crippen molar-refractivity contribution in [2.45, 2.75) is 27.7 Å². The first kappa shape index (κ1) is 21.2. The minimum absolute atomic E-state index is 0.288. The van der Waals surface area contributed by atoms with Crippen LogP contribution < -0.4 is 10.2 Å². The fourth-order valence-electron chi connectivity index (χ4n) is 2.77. The lowest BCUT2D eigenvalue weighted by Crippen LogP contribution is -2.47. The summed E-state index contributed by atoms with van der Waals surface area (Å²) in [5, 5.41) is 2.75. The highest BCUT2D eigenvalue weighted by molar-refractivity contribution is 6.14. The number of hydrogen-bond acceptors (Lipinski definition) is 4. The topological polar surface area (TPSA) is 75.7 Å². The molecule has 0 aliphatic carbocycles. The van der Waals surface area contributed by atoms with E-state index in [1.807, 2.05) is 38.1 Å². The lowest BCUT2D eigenvalue weighted by Gasteiger charge is -2.30. The van der Waals surface area contributed by atoms with Gasteiger partial charge in [0.25, 0.3) is 0 Å². The minimum Gasteiger partial charge on any atom is -0.465 e. The van der Waals surface area contributed by atoms with E-state index < -0.39 is 17.3 Å². The highest BCUT2D eigenvalue weighted by Gasteiger charge is 2.39. The number of ether oxygens (including phenoxy) is 1. The number of esters is 1. The number of nitrogens with zero attached hydrogens (tertiary/aromatic N) is 1. The Morgan fingerprint density at radius 2 is 1.71 bits per heavy atom. The van der Waals surface area contributed by atoms with Crippen LogP contribution in [0.1, 0.15) is 36.7 Å². The summed E-state index contributed by atoms with van der Waals surface area (Å²) < 4.78 is 4.66. The Kier molecular flexibility index (Phi) is 6.57. The first-order valence-electron chi connectivity index (χ1n) is 9.09. The Labute approximate surface area is 165 Å². The molecule has 6 heteroatoms. The molecule has 0 fully saturated rings. The van der Waals surface area contributed by atoms with Crippen LogP contribution in [0, 0.1) is 12.3 Å². The summed E-state index contributed by atoms with van der Waals surface area (Å²) in [4.78, 5) is 39.1. The molecule has 0 atom stereocenters. The smallest absolute Gasteiger partial charge is 0.337 e. The van der Waals surface area contributed by atoms with Crippen molar-refractivity contribution in [2.24, 2.45) is 5.41 Å². The zero-order valence-corrected chi connectivity index (χ0v) is 16.9. The van der Waals surface area contributed by atoms with E-state index in [2.05, 4.69) is 10.1 Å². The number of aryl methyl sites for hydroxylation is 1. The van der Waals surface area contributed by atoms with Crippen LogP contribution in [-0.2, 0) is 14.3 Å². The zero-order chi connectivity index (χ0) is 20.9. The SMILES string of the molecule is CCN(C(=O)C(C)(C)C(=O)Nc1ccc(C(=O)OC)cc1)c1cccc(C)c1. The van der Waals surface area contributed by atoms with E-state index in [-0.39, 0.29) is 5.91 Å². The van der Waals surface area contributed by atoms with Gasteiger partial charge in [0, 0.05) is 17.9 Å². The van der Waals surface area contributed by atoms with Gasteiger partial charge in [0.05, 0.1) is 12.7 Å². The fourth-order valence-corrected chi connectivity index (χ4v) is 2.77. The second-order valence-electron chi connectivity index (χ2n) is 7.04. The highest BCUT2D eigenvalue weighted by Crippen LogP contribution is 2.26. The Balaban J connectivity index is 2.18. The summed E-state index contributed by atoms with van der Waals surface area (Å²) in [5.41, 5.74) is 1.40.